The van der Waals surface area contributed by atoms with Crippen LogP contribution in [0.25, 0.3) is 0 Å². The van der Waals surface area contributed by atoms with E-state index in [1.54, 1.807) is 6.92 Å². The van der Waals surface area contributed by atoms with Crippen LogP contribution in [0.5, 0.6) is 0 Å². The van der Waals surface area contributed by atoms with Crippen LogP contribution in [0.4, 0.5) is 5.82 Å². The number of amides is 2. The van der Waals surface area contributed by atoms with Crippen molar-refractivity contribution in [3.8, 4) is 0 Å². The summed E-state index contributed by atoms with van der Waals surface area (Å²) in [7, 11) is 0. The third-order valence-corrected chi connectivity index (χ3v) is 5.40. The Kier molecular flexibility index (Phi) is 3.66. The van der Waals surface area contributed by atoms with Gasteiger partial charge in [-0.1, -0.05) is 0 Å². The maximum atomic E-state index is 12.2. The quantitative estimate of drug-likeness (QED) is 0.812. The molecular weight excluding hydrogens is 306 g/mol. The molecule has 0 aromatic carbocycles. The topological polar surface area (TPSA) is 78.4 Å². The van der Waals surface area contributed by atoms with Gasteiger partial charge in [-0.25, -0.2) is 9.97 Å². The number of fused-ring (bicyclic) bond motifs is 5. The number of hydrogen-bond acceptors (Lipinski definition) is 5. The third-order valence-electron chi connectivity index (χ3n) is 5.40. The van der Waals surface area contributed by atoms with E-state index in [2.05, 4.69) is 15.2 Å². The van der Waals surface area contributed by atoms with Gasteiger partial charge in [-0.3, -0.25) is 9.59 Å². The van der Waals surface area contributed by atoms with Gasteiger partial charge in [0.15, 0.2) is 0 Å². The summed E-state index contributed by atoms with van der Waals surface area (Å²) in [5.41, 5.74) is 1.48. The van der Waals surface area contributed by atoms with Gasteiger partial charge in [0, 0.05) is 44.7 Å². The highest BCUT2D eigenvalue weighted by Gasteiger charge is 2.38. The summed E-state index contributed by atoms with van der Waals surface area (Å²) in [6.07, 6.45) is 2.98. The fourth-order valence-electron chi connectivity index (χ4n) is 4.22. The van der Waals surface area contributed by atoms with E-state index in [1.807, 2.05) is 11.8 Å². The Morgan fingerprint density at radius 1 is 1.21 bits per heavy atom. The van der Waals surface area contributed by atoms with Crippen LogP contribution in [0.15, 0.2) is 0 Å². The van der Waals surface area contributed by atoms with Crippen molar-refractivity contribution >= 4 is 17.6 Å². The van der Waals surface area contributed by atoms with Crippen molar-refractivity contribution < 1.29 is 9.59 Å². The van der Waals surface area contributed by atoms with Crippen molar-refractivity contribution in [3.05, 3.63) is 17.1 Å². The molecule has 3 fully saturated rings. The summed E-state index contributed by atoms with van der Waals surface area (Å²) in [6, 6.07) is 0.274. The molecule has 2 atom stereocenters. The SMILES string of the molecule is CC(=O)N1C[C@@H]2CC[C@H](C1)N(c1nc(C)nc3c1CCNC3=O)C2. The Hall–Kier alpha value is -2.18. The highest BCUT2D eigenvalue weighted by atomic mass is 16.2. The zero-order valence-electron chi connectivity index (χ0n) is 14.2. The van der Waals surface area contributed by atoms with Gasteiger partial charge >= 0.3 is 0 Å². The van der Waals surface area contributed by atoms with Crippen LogP contribution in [0.2, 0.25) is 0 Å². The third kappa shape index (κ3) is 2.52. The van der Waals surface area contributed by atoms with E-state index in [1.165, 1.54) is 0 Å². The largest absolute Gasteiger partial charge is 0.351 e. The predicted octanol–water partition coefficient (Wildman–Crippen LogP) is 0.518. The first-order valence-electron chi connectivity index (χ1n) is 8.71. The molecule has 4 aliphatic rings. The highest BCUT2D eigenvalue weighted by Crippen LogP contribution is 2.34. The molecule has 2 bridgehead atoms. The minimum Gasteiger partial charge on any atom is -0.351 e. The molecular formula is C17H23N5O2. The lowest BCUT2D eigenvalue weighted by molar-refractivity contribution is -0.129. The molecule has 0 saturated carbocycles. The minimum atomic E-state index is -0.103. The first-order chi connectivity index (χ1) is 11.5. The predicted molar refractivity (Wildman–Crippen MR) is 88.9 cm³/mol. The second-order valence-electron chi connectivity index (χ2n) is 7.10. The number of carbonyl (C=O) groups excluding carboxylic acids is 2. The molecule has 5 rings (SSSR count). The standard InChI is InChI=1S/C17H23N5O2/c1-10-19-15-14(5-6-18-17(15)24)16(20-10)22-8-12-3-4-13(22)9-21(7-12)11(2)23/h12-13H,3-9H2,1-2H3,(H,18,24)/t12-,13+/m0/s1. The average Bonchev–Trinajstić information content (AvgIpc) is 2.87. The second kappa shape index (κ2) is 5.72. The number of hydrogen-bond donors (Lipinski definition) is 1. The van der Waals surface area contributed by atoms with Gasteiger partial charge in [0.05, 0.1) is 0 Å². The maximum absolute atomic E-state index is 12.2. The molecule has 0 unspecified atom stereocenters. The molecule has 0 spiro atoms. The van der Waals surface area contributed by atoms with Gasteiger partial charge in [0.25, 0.3) is 5.91 Å². The lowest BCUT2D eigenvalue weighted by Gasteiger charge is -2.38. The van der Waals surface area contributed by atoms with Gasteiger partial charge in [-0.05, 0) is 32.1 Å². The first kappa shape index (κ1) is 15.4. The Bertz CT molecular complexity index is 704. The monoisotopic (exact) mass is 329 g/mol. The number of nitrogens with zero attached hydrogens (tertiary/aromatic N) is 4. The Balaban J connectivity index is 1.74. The molecule has 5 heterocycles. The van der Waals surface area contributed by atoms with Crippen molar-refractivity contribution in [1.29, 1.82) is 0 Å². The fourth-order valence-corrected chi connectivity index (χ4v) is 4.22. The van der Waals surface area contributed by atoms with Crippen LogP contribution < -0.4 is 10.2 Å². The molecule has 7 heteroatoms. The summed E-state index contributed by atoms with van der Waals surface area (Å²) < 4.78 is 0. The van der Waals surface area contributed by atoms with Gasteiger partial charge in [-0.2, -0.15) is 0 Å². The first-order valence-corrected chi connectivity index (χ1v) is 8.71. The summed E-state index contributed by atoms with van der Waals surface area (Å²) >= 11 is 0. The van der Waals surface area contributed by atoms with Crippen molar-refractivity contribution in [2.24, 2.45) is 5.92 Å². The zero-order chi connectivity index (χ0) is 16.8. The van der Waals surface area contributed by atoms with Crippen LogP contribution in [-0.2, 0) is 11.2 Å². The lowest BCUT2D eigenvalue weighted by atomic mass is 9.94. The van der Waals surface area contributed by atoms with Gasteiger partial charge in [0.2, 0.25) is 5.91 Å². The average molecular weight is 329 g/mol. The van der Waals surface area contributed by atoms with Crippen molar-refractivity contribution in [2.75, 3.05) is 31.1 Å². The number of anilines is 1. The van der Waals surface area contributed by atoms with Gasteiger partial charge < -0.3 is 15.1 Å². The number of rotatable bonds is 1. The van der Waals surface area contributed by atoms with Crippen LogP contribution >= 0.6 is 0 Å². The van der Waals surface area contributed by atoms with Crippen molar-refractivity contribution in [2.45, 2.75) is 39.2 Å². The van der Waals surface area contributed by atoms with E-state index in [-0.39, 0.29) is 17.9 Å². The van der Waals surface area contributed by atoms with E-state index >= 15 is 0 Å². The van der Waals surface area contributed by atoms with Crippen LogP contribution in [0, 0.1) is 12.8 Å². The molecule has 128 valence electrons. The molecule has 7 nitrogen and oxygen atoms in total. The summed E-state index contributed by atoms with van der Waals surface area (Å²) in [4.78, 5) is 37.4. The number of piperidine rings is 1. The Morgan fingerprint density at radius 3 is 2.83 bits per heavy atom. The highest BCUT2D eigenvalue weighted by molar-refractivity contribution is 5.96. The Labute approximate surface area is 141 Å². The molecule has 1 aromatic rings. The van der Waals surface area contributed by atoms with E-state index in [9.17, 15) is 9.59 Å². The normalized spacial score (nSPS) is 26.0. The van der Waals surface area contributed by atoms with E-state index in [0.29, 0.717) is 24.0 Å². The van der Waals surface area contributed by atoms with Crippen molar-refractivity contribution in [3.63, 3.8) is 0 Å². The minimum absolute atomic E-state index is 0.103. The molecule has 24 heavy (non-hydrogen) atoms. The summed E-state index contributed by atoms with van der Waals surface area (Å²) in [5, 5.41) is 2.86. The molecule has 2 amide bonds. The van der Waals surface area contributed by atoms with Gasteiger partial charge in [0.1, 0.15) is 17.3 Å². The lowest BCUT2D eigenvalue weighted by Crippen LogP contribution is -2.46. The Morgan fingerprint density at radius 2 is 2.04 bits per heavy atom. The van der Waals surface area contributed by atoms with E-state index < -0.39 is 0 Å². The number of carbonyl (C=O) groups is 2. The summed E-state index contributed by atoms with van der Waals surface area (Å²) in [5.74, 6) is 2.05. The zero-order valence-corrected chi connectivity index (χ0v) is 14.2. The van der Waals surface area contributed by atoms with Crippen LogP contribution in [-0.4, -0.2) is 58.9 Å². The molecule has 4 aliphatic heterocycles. The maximum Gasteiger partial charge on any atom is 0.270 e. The van der Waals surface area contributed by atoms with E-state index in [4.69, 9.17) is 4.98 Å². The number of nitrogens with one attached hydrogen (secondary N) is 1. The molecule has 0 radical (unpaired) electrons. The van der Waals surface area contributed by atoms with E-state index in [0.717, 1.165) is 50.3 Å². The van der Waals surface area contributed by atoms with Crippen molar-refractivity contribution in [1.82, 2.24) is 20.2 Å². The fraction of sp³-hybridized carbons (Fsp3) is 0.647. The smallest absolute Gasteiger partial charge is 0.270 e. The van der Waals surface area contributed by atoms with Crippen LogP contribution in [0.1, 0.15) is 41.6 Å². The number of aryl methyl sites for hydroxylation is 1. The number of aromatic nitrogens is 2. The molecule has 3 saturated heterocycles. The van der Waals surface area contributed by atoms with Gasteiger partial charge in [-0.15, -0.1) is 0 Å². The second-order valence-corrected chi connectivity index (χ2v) is 7.10. The molecule has 1 aromatic heterocycles. The van der Waals surface area contributed by atoms with Crippen LogP contribution in [0.3, 0.4) is 0 Å². The molecule has 0 aliphatic carbocycles. The summed E-state index contributed by atoms with van der Waals surface area (Å²) in [6.45, 7) is 6.59. The molecule has 1 N–H and O–H groups in total.